The van der Waals surface area contributed by atoms with Gasteiger partial charge in [-0.15, -0.1) is 0 Å². The first-order valence-corrected chi connectivity index (χ1v) is 9.77. The molecule has 0 bridgehead atoms. The molecule has 4 aromatic heterocycles. The lowest BCUT2D eigenvalue weighted by atomic mass is 10.1. The number of hydrogen-bond donors (Lipinski definition) is 1. The van der Waals surface area contributed by atoms with Gasteiger partial charge in [0, 0.05) is 32.4 Å². The van der Waals surface area contributed by atoms with Crippen LogP contribution < -0.4 is 5.69 Å². The van der Waals surface area contributed by atoms with Gasteiger partial charge in [-0.1, -0.05) is 0 Å². The first kappa shape index (κ1) is 18.8. The van der Waals surface area contributed by atoms with Crippen LogP contribution in [-0.4, -0.2) is 57.9 Å². The number of pyridine rings is 1. The molecule has 31 heavy (non-hydrogen) atoms. The quantitative estimate of drug-likeness (QED) is 0.523. The van der Waals surface area contributed by atoms with Gasteiger partial charge in [-0.3, -0.25) is 9.13 Å². The third kappa shape index (κ3) is 2.92. The monoisotopic (exact) mass is 418 g/mol. The molecule has 156 valence electrons. The van der Waals surface area contributed by atoms with Crippen LogP contribution in [0, 0.1) is 11.3 Å². The third-order valence-electron chi connectivity index (χ3n) is 5.82. The molecule has 5 heterocycles. The van der Waals surface area contributed by atoms with Gasteiger partial charge in [-0.25, -0.2) is 24.1 Å². The van der Waals surface area contributed by atoms with Gasteiger partial charge >= 0.3 is 11.8 Å². The molecule has 0 unspecified atom stereocenters. The number of carboxylic acid groups (broad SMARTS) is 1. The molecule has 5 rings (SSSR count). The smallest absolute Gasteiger partial charge is 0.407 e. The maximum atomic E-state index is 13.0. The number of aromatic nitrogens is 6. The van der Waals surface area contributed by atoms with Crippen LogP contribution in [0.4, 0.5) is 4.79 Å². The van der Waals surface area contributed by atoms with E-state index < -0.39 is 6.09 Å². The number of imidazole rings is 1. The van der Waals surface area contributed by atoms with E-state index in [4.69, 9.17) is 4.98 Å². The number of aryl methyl sites for hydroxylation is 1. The van der Waals surface area contributed by atoms with Crippen molar-refractivity contribution in [3.05, 3.63) is 46.8 Å². The predicted octanol–water partition coefficient (Wildman–Crippen LogP) is 1.63. The minimum absolute atomic E-state index is 0.149. The van der Waals surface area contributed by atoms with Crippen molar-refractivity contribution in [2.24, 2.45) is 7.05 Å². The Kier molecular flexibility index (Phi) is 4.21. The first-order valence-electron chi connectivity index (χ1n) is 9.77. The molecule has 0 aliphatic carbocycles. The summed E-state index contributed by atoms with van der Waals surface area (Å²) in [5.41, 5.74) is 2.74. The number of likely N-dealkylation sites (tertiary alicyclic amines) is 1. The third-order valence-corrected chi connectivity index (χ3v) is 5.82. The minimum atomic E-state index is -0.946. The average molecular weight is 418 g/mol. The molecule has 4 aromatic rings. The molecule has 1 saturated heterocycles. The molecule has 0 radical (unpaired) electrons. The Morgan fingerprint density at radius 2 is 2.03 bits per heavy atom. The van der Waals surface area contributed by atoms with Gasteiger partial charge in [0.25, 0.3) is 0 Å². The zero-order valence-electron chi connectivity index (χ0n) is 16.6. The number of nitrogens with zero attached hydrogens (tertiary/aromatic N) is 8. The maximum Gasteiger partial charge on any atom is 0.407 e. The van der Waals surface area contributed by atoms with E-state index in [1.165, 1.54) is 9.47 Å². The highest BCUT2D eigenvalue weighted by atomic mass is 16.4. The molecule has 1 amide bonds. The number of piperidine rings is 1. The molecule has 0 aromatic carbocycles. The van der Waals surface area contributed by atoms with E-state index in [1.807, 2.05) is 0 Å². The van der Waals surface area contributed by atoms with Crippen LogP contribution in [0.1, 0.15) is 24.4 Å². The molecule has 11 nitrogen and oxygen atoms in total. The van der Waals surface area contributed by atoms with Crippen LogP contribution >= 0.6 is 0 Å². The Labute approximate surface area is 175 Å². The lowest BCUT2D eigenvalue weighted by Gasteiger charge is -2.30. The van der Waals surface area contributed by atoms with Crippen molar-refractivity contribution in [3.63, 3.8) is 0 Å². The van der Waals surface area contributed by atoms with Gasteiger partial charge in [-0.05, 0) is 25.0 Å². The van der Waals surface area contributed by atoms with Gasteiger partial charge in [0.2, 0.25) is 0 Å². The van der Waals surface area contributed by atoms with Crippen LogP contribution in [0.3, 0.4) is 0 Å². The van der Waals surface area contributed by atoms with Crippen molar-refractivity contribution >= 4 is 22.8 Å². The molecule has 11 heteroatoms. The van der Waals surface area contributed by atoms with Gasteiger partial charge in [0.15, 0.2) is 11.5 Å². The van der Waals surface area contributed by atoms with Gasteiger partial charge in [-0.2, -0.15) is 10.4 Å². The molecule has 1 N–H and O–H groups in total. The van der Waals surface area contributed by atoms with E-state index in [2.05, 4.69) is 16.2 Å². The van der Waals surface area contributed by atoms with E-state index in [0.29, 0.717) is 59.6 Å². The Bertz CT molecular complexity index is 1430. The highest BCUT2D eigenvalue weighted by molar-refractivity contribution is 5.80. The van der Waals surface area contributed by atoms with Crippen molar-refractivity contribution in [1.82, 2.24) is 33.6 Å². The number of rotatable bonds is 2. The van der Waals surface area contributed by atoms with Crippen molar-refractivity contribution < 1.29 is 9.90 Å². The second kappa shape index (κ2) is 6.94. The molecule has 0 saturated carbocycles. The SMILES string of the molecule is Cn1c(=O)n(C2CCN(C(=O)O)CC2)c2nc(-c3cnn4ccc(C#N)cc34)ncc21. The van der Waals surface area contributed by atoms with E-state index in [-0.39, 0.29) is 11.7 Å². The summed E-state index contributed by atoms with van der Waals surface area (Å²) in [6.07, 6.45) is 5.07. The van der Waals surface area contributed by atoms with Crippen molar-refractivity contribution in [3.8, 4) is 17.5 Å². The zero-order valence-corrected chi connectivity index (χ0v) is 16.6. The van der Waals surface area contributed by atoms with E-state index in [1.54, 1.807) is 46.9 Å². The predicted molar refractivity (Wildman–Crippen MR) is 110 cm³/mol. The summed E-state index contributed by atoms with van der Waals surface area (Å²) in [4.78, 5) is 34.7. The van der Waals surface area contributed by atoms with Gasteiger partial charge < -0.3 is 10.0 Å². The summed E-state index contributed by atoms with van der Waals surface area (Å²) in [7, 11) is 1.67. The molecular weight excluding hydrogens is 400 g/mol. The average Bonchev–Trinajstić information content (AvgIpc) is 3.32. The minimum Gasteiger partial charge on any atom is -0.465 e. The second-order valence-electron chi connectivity index (χ2n) is 7.53. The first-order chi connectivity index (χ1) is 15.0. The van der Waals surface area contributed by atoms with Crippen molar-refractivity contribution in [1.29, 1.82) is 5.26 Å². The molecule has 0 spiro atoms. The fourth-order valence-corrected chi connectivity index (χ4v) is 4.13. The lowest BCUT2D eigenvalue weighted by molar-refractivity contribution is 0.125. The van der Waals surface area contributed by atoms with E-state index in [0.717, 1.165) is 0 Å². The summed E-state index contributed by atoms with van der Waals surface area (Å²) < 4.78 is 4.79. The number of nitriles is 1. The second-order valence-corrected chi connectivity index (χ2v) is 7.53. The van der Waals surface area contributed by atoms with Crippen LogP contribution in [0.25, 0.3) is 28.1 Å². The van der Waals surface area contributed by atoms with Crippen molar-refractivity contribution in [2.45, 2.75) is 18.9 Å². The Hall–Kier alpha value is -4.20. The standard InChI is InChI=1S/C20H18N8O3/c1-25-16-11-22-17(14-10-23-27-7-2-12(9-21)8-15(14)27)24-18(16)28(19(25)29)13-3-5-26(6-4-13)20(30)31/h2,7-8,10-11,13H,3-6H2,1H3,(H,30,31). The molecule has 0 atom stereocenters. The summed E-state index contributed by atoms with van der Waals surface area (Å²) in [6, 6.07) is 5.36. The van der Waals surface area contributed by atoms with Gasteiger partial charge in [0.1, 0.15) is 5.52 Å². The zero-order chi connectivity index (χ0) is 21.7. The Morgan fingerprint density at radius 3 is 2.74 bits per heavy atom. The number of carbonyl (C=O) groups is 1. The molecular formula is C20H18N8O3. The Balaban J connectivity index is 1.62. The number of hydrogen-bond acceptors (Lipinski definition) is 6. The molecule has 1 aliphatic heterocycles. The Morgan fingerprint density at radius 1 is 1.26 bits per heavy atom. The highest BCUT2D eigenvalue weighted by Crippen LogP contribution is 2.27. The topological polar surface area (TPSA) is 134 Å². The largest absolute Gasteiger partial charge is 0.465 e. The normalized spacial score (nSPS) is 14.9. The number of amides is 1. The summed E-state index contributed by atoms with van der Waals surface area (Å²) in [6.45, 7) is 0.734. The number of fused-ring (bicyclic) bond motifs is 2. The summed E-state index contributed by atoms with van der Waals surface area (Å²) in [5, 5.41) is 22.7. The summed E-state index contributed by atoms with van der Waals surface area (Å²) >= 11 is 0. The lowest BCUT2D eigenvalue weighted by Crippen LogP contribution is -2.40. The fraction of sp³-hybridized carbons (Fsp3) is 0.300. The van der Waals surface area contributed by atoms with Crippen LogP contribution in [0.2, 0.25) is 0 Å². The maximum absolute atomic E-state index is 13.0. The molecule has 1 aliphatic rings. The van der Waals surface area contributed by atoms with Crippen molar-refractivity contribution in [2.75, 3.05) is 13.1 Å². The van der Waals surface area contributed by atoms with E-state index in [9.17, 15) is 20.0 Å². The summed E-state index contributed by atoms with van der Waals surface area (Å²) in [5.74, 6) is 0.403. The van der Waals surface area contributed by atoms with E-state index >= 15 is 0 Å². The molecule has 1 fully saturated rings. The van der Waals surface area contributed by atoms with Crippen LogP contribution in [0.15, 0.2) is 35.5 Å². The fourth-order valence-electron chi connectivity index (χ4n) is 4.13. The highest BCUT2D eigenvalue weighted by Gasteiger charge is 2.27. The van der Waals surface area contributed by atoms with Crippen LogP contribution in [-0.2, 0) is 7.05 Å². The van der Waals surface area contributed by atoms with Gasteiger partial charge in [0.05, 0.1) is 35.1 Å². The van der Waals surface area contributed by atoms with Crippen LogP contribution in [0.5, 0.6) is 0 Å².